The van der Waals surface area contributed by atoms with Crippen molar-refractivity contribution in [2.45, 2.75) is 55.5 Å². The molecule has 5 aliphatic rings. The molecule has 36 rings (SSSR count). The molecular weight excluding hydrogens is 1410 g/mol. The minimum absolute atomic E-state index is 0.0620. The van der Waals surface area contributed by atoms with Crippen molar-refractivity contribution >= 4 is 343 Å². The maximum absolute atomic E-state index is 17.9. The van der Waals surface area contributed by atoms with Crippen LogP contribution in [-0.4, -0.2) is 66.6 Å². The fourth-order valence-electron chi connectivity index (χ4n) is 29.1. The first-order chi connectivity index (χ1) is 53.3. The van der Waals surface area contributed by atoms with Gasteiger partial charge in [-0.2, -0.15) is 0 Å². The number of carbonyl (C=O) groups excluding carboxylic acids is 6. The molecule has 108 heavy (non-hydrogen) atoms. The first-order valence-corrected chi connectivity index (χ1v) is 38.9. The van der Waals surface area contributed by atoms with E-state index in [-0.39, 0.29) is 38.4 Å². The van der Waals surface area contributed by atoms with Gasteiger partial charge in [0.15, 0.2) is 5.41 Å². The molecule has 0 N–H and O–H groups in total. The third kappa shape index (κ3) is 3.80. The van der Waals surface area contributed by atoms with E-state index in [1.54, 1.807) is 66.7 Å². The molecule has 0 radical (unpaired) electrons. The Labute approximate surface area is 605 Å². The first kappa shape index (κ1) is 50.8. The Bertz CT molecular complexity index is 8680. The Kier molecular flexibility index (Phi) is 6.65. The van der Waals surface area contributed by atoms with Crippen LogP contribution in [0.1, 0.15) is 63.0 Å². The van der Waals surface area contributed by atoms with Crippen molar-refractivity contribution in [2.75, 3.05) is 18.5 Å². The van der Waals surface area contributed by atoms with Crippen LogP contribution in [0.3, 0.4) is 0 Å². The Hall–Kier alpha value is -12.6. The summed E-state index contributed by atoms with van der Waals surface area (Å²) >= 11 is 3.70. The third-order valence-corrected chi connectivity index (χ3v) is 31.5. The molecule has 1 saturated carbocycles. The highest BCUT2D eigenvalue weighted by molar-refractivity contribution is 9.09. The van der Waals surface area contributed by atoms with Crippen LogP contribution in [0.5, 0.6) is 0 Å². The minimum atomic E-state index is -2.14. The zero-order chi connectivity index (χ0) is 68.8. The summed E-state index contributed by atoms with van der Waals surface area (Å²) in [5, 5.41) is 74.6. The number of carbonyl (C=O) groups is 6. The monoisotopic (exact) mass is 1440 g/mol. The molecule has 31 aromatic rings. The van der Waals surface area contributed by atoms with Crippen LogP contribution in [0, 0.1) is 5.41 Å². The lowest BCUT2D eigenvalue weighted by Crippen LogP contribution is -2.47. The minimum Gasteiger partial charge on any atom is -0.465 e. The van der Waals surface area contributed by atoms with Crippen molar-refractivity contribution < 1.29 is 57.2 Å². The largest absolute Gasteiger partial charge is 0.465 e. The lowest BCUT2D eigenvalue weighted by atomic mass is 9.68. The number of hydrogen-bond acceptors (Lipinski definition) is 12. The quantitative estimate of drug-likeness (QED) is 0.0189. The van der Waals surface area contributed by atoms with Crippen molar-refractivity contribution in [1.29, 1.82) is 0 Å². The van der Waals surface area contributed by atoms with E-state index in [9.17, 15) is 19.2 Å². The second kappa shape index (κ2) is 14.1. The van der Waals surface area contributed by atoms with E-state index in [0.717, 1.165) is 22.3 Å². The van der Waals surface area contributed by atoms with Crippen molar-refractivity contribution in [1.82, 2.24) is 0 Å². The smallest absolute Gasteiger partial charge is 0.352 e. The van der Waals surface area contributed by atoms with Crippen molar-refractivity contribution in [3.05, 3.63) is 130 Å². The van der Waals surface area contributed by atoms with Gasteiger partial charge in [0.2, 0.25) is 12.2 Å². The van der Waals surface area contributed by atoms with Gasteiger partial charge < -0.3 is 28.4 Å². The van der Waals surface area contributed by atoms with E-state index in [2.05, 4.69) is 15.9 Å². The number of hydrogen-bond donors (Lipinski definition) is 0. The van der Waals surface area contributed by atoms with Gasteiger partial charge in [-0.3, -0.25) is 14.4 Å². The number of esters is 6. The van der Waals surface area contributed by atoms with Gasteiger partial charge in [0.1, 0.15) is 13.2 Å². The number of ether oxygens (including phenoxy) is 6. The summed E-state index contributed by atoms with van der Waals surface area (Å²) in [7, 11) is 0. The van der Waals surface area contributed by atoms with Crippen molar-refractivity contribution in [2.24, 2.45) is 5.41 Å². The van der Waals surface area contributed by atoms with Gasteiger partial charge in [0.05, 0.1) is 29.6 Å². The van der Waals surface area contributed by atoms with Gasteiger partial charge in [-0.15, -0.1) is 0 Å². The van der Waals surface area contributed by atoms with Gasteiger partial charge in [-0.1, -0.05) is 94.8 Å². The predicted molar refractivity (Wildman–Crippen MR) is 424 cm³/mol. The average Bonchev–Trinajstić information content (AvgIpc) is 1.35. The molecule has 0 heterocycles. The molecule has 13 heteroatoms. The topological polar surface area (TPSA) is 158 Å². The fraction of sp³-hybridized carbons (Fsp3) is 0.137. The van der Waals surface area contributed by atoms with E-state index in [1.165, 1.54) is 303 Å². The highest BCUT2D eigenvalue weighted by Crippen LogP contribution is 2.97. The van der Waals surface area contributed by atoms with E-state index in [4.69, 9.17) is 28.4 Å². The molecule has 0 unspecified atom stereocenters. The van der Waals surface area contributed by atoms with E-state index in [0.29, 0.717) is 22.9 Å². The zero-order valence-corrected chi connectivity index (χ0v) is 57.3. The summed E-state index contributed by atoms with van der Waals surface area (Å²) in [6.45, 7) is -0.799. The van der Waals surface area contributed by atoms with Crippen LogP contribution >= 0.6 is 15.9 Å². The Morgan fingerprint density at radius 3 is 0.796 bits per heavy atom. The predicted octanol–water partition coefficient (Wildman–Crippen LogP) is 20.6. The molecule has 31 aromatic carbocycles. The summed E-state index contributed by atoms with van der Waals surface area (Å²) in [4.78, 5) is 93.8. The Balaban J connectivity index is 0.626. The SMILES string of the molecule is O=C(CCCOC(=O)C1(C(=O)OCCCBr)C23c4c5c6c7c8c9c(c%10c%11c2c2c4c4c%12c5c5c6c6c8c8c%13c9c9c%10c%10c%11c%11c2c2c4c4c%12c%12c5c5c6c8c6c8c%13c9c9c%10c%10c%11c2c2c4c4c%12c5c6c5c8c9c%10c2c45)C713)O[C@@H](C(=O)OCc1ccccc1)[C@@H](OC(=O)c1ccccc1)C(=O)OCc1ccccc1. The molecule has 2 atom stereocenters. The van der Waals surface area contributed by atoms with Crippen LogP contribution in [0.4, 0.5) is 0 Å². The van der Waals surface area contributed by atoms with Crippen LogP contribution in [0.25, 0.3) is 291 Å². The molecule has 0 aromatic heterocycles. The van der Waals surface area contributed by atoms with Gasteiger partial charge >= 0.3 is 35.8 Å². The van der Waals surface area contributed by atoms with E-state index in [1.807, 2.05) is 12.1 Å². The summed E-state index contributed by atoms with van der Waals surface area (Å²) in [5.41, 5.74) is 0.948. The molecule has 1 fully saturated rings. The molecule has 0 amide bonds. The Morgan fingerprint density at radius 1 is 0.287 bits per heavy atom. The fourth-order valence-corrected chi connectivity index (χ4v) is 29.4. The second-order valence-corrected chi connectivity index (χ2v) is 34.5. The molecule has 0 bridgehead atoms. The van der Waals surface area contributed by atoms with Crippen molar-refractivity contribution in [3.8, 4) is 0 Å². The number of alkyl halides is 1. The van der Waals surface area contributed by atoms with Gasteiger partial charge in [0, 0.05) is 11.8 Å². The summed E-state index contributed by atoms with van der Waals surface area (Å²) < 4.78 is 37.7. The van der Waals surface area contributed by atoms with Crippen LogP contribution in [0.2, 0.25) is 0 Å². The maximum Gasteiger partial charge on any atom is 0.352 e. The number of rotatable bonds is 19. The molecule has 0 saturated heterocycles. The van der Waals surface area contributed by atoms with Crippen LogP contribution in [-0.2, 0) is 76.4 Å². The van der Waals surface area contributed by atoms with Crippen LogP contribution < -0.4 is 0 Å². The summed E-state index contributed by atoms with van der Waals surface area (Å²) in [6, 6.07) is 25.8. The lowest BCUT2D eigenvalue weighted by molar-refractivity contribution is -0.185. The van der Waals surface area contributed by atoms with Crippen molar-refractivity contribution in [3.63, 3.8) is 0 Å². The first-order valence-electron chi connectivity index (χ1n) is 37.8. The van der Waals surface area contributed by atoms with Gasteiger partial charge in [-0.05, 0) is 349 Å². The molecule has 492 valence electrons. The normalized spacial score (nSPS) is 20.1. The van der Waals surface area contributed by atoms with Gasteiger partial charge in [-0.25, -0.2) is 14.4 Å². The molecule has 2 spiro atoms. The molecule has 12 nitrogen and oxygen atoms in total. The zero-order valence-electron chi connectivity index (χ0n) is 55.7. The second-order valence-electron chi connectivity index (χ2n) is 33.7. The Morgan fingerprint density at radius 2 is 0.528 bits per heavy atom. The van der Waals surface area contributed by atoms with Crippen LogP contribution in [0.15, 0.2) is 91.0 Å². The summed E-state index contributed by atoms with van der Waals surface area (Å²) in [5.74, 6) is -5.53. The maximum atomic E-state index is 17.9. The average molecular weight is 1450 g/mol. The molecule has 0 aliphatic heterocycles. The molecular formula is C95H33BrO12. The standard InChI is InChI=1S/C95H33BrO12/c96-19-11-21-104-92(102)95(91(101)103-20-10-18-27(97)107-86(89(99)105-22-24-12-4-1-5-13-24)87(108-88(98)26-16-8-3-9-17-26)90(100)106-23-25-14-6-2-7-15-25)93-82-74-66-56-46-38-30-28-29-32-36-34(30)42-50-44(36)54-48-40(32)41-33(29)37-35-31(28)39(38)47-53-43(35)51-45(37)55-49(41)59-58(48)68-62(54)72-64(50)70(60(66)52(42)46)78(82)80(72)84-76(68)77-69(59)63(55)73-65(51)71-61(53)67(57(47)56)75(74)83(93)79(71)81(73)85(77)94(84,93)95/h1-9,12-17,86-87H,10-11,18-23H2/t86-,87-,93?,94?,95?/m1/s1. The lowest BCUT2D eigenvalue weighted by Gasteiger charge is -2.32. The van der Waals surface area contributed by atoms with E-state index < -0.39 is 70.7 Å². The summed E-state index contributed by atoms with van der Waals surface area (Å²) in [6.07, 6.45) is -4.32. The van der Waals surface area contributed by atoms with E-state index >= 15 is 9.59 Å². The highest BCUT2D eigenvalue weighted by atomic mass is 79.9. The van der Waals surface area contributed by atoms with Gasteiger partial charge in [0.25, 0.3) is 0 Å². The number of halogens is 1. The third-order valence-electron chi connectivity index (χ3n) is 30.9. The molecule has 5 aliphatic carbocycles. The highest BCUT2D eigenvalue weighted by Gasteiger charge is 3.01. The number of benzene rings is 21.